The zero-order valence-corrected chi connectivity index (χ0v) is 20.3. The molecular weight excluding hydrogens is 461 g/mol. The second kappa shape index (κ2) is 10.1. The Kier molecular flexibility index (Phi) is 6.73. The predicted molar refractivity (Wildman–Crippen MR) is 133 cm³/mol. The van der Waals surface area contributed by atoms with Gasteiger partial charge in [0.05, 0.1) is 6.04 Å². The van der Waals surface area contributed by atoms with Gasteiger partial charge in [0.1, 0.15) is 11.9 Å². The number of carbonyl (C=O) groups excluding carboxylic acids is 3. The quantitative estimate of drug-likeness (QED) is 0.627. The van der Waals surface area contributed by atoms with Crippen LogP contribution in [0, 0.1) is 5.82 Å². The third-order valence-corrected chi connectivity index (χ3v) is 7.19. The molecule has 0 radical (unpaired) electrons. The predicted octanol–water partition coefficient (Wildman–Crippen LogP) is 2.70. The van der Waals surface area contributed by atoms with Gasteiger partial charge in [0.25, 0.3) is 5.91 Å². The fourth-order valence-corrected chi connectivity index (χ4v) is 5.03. The van der Waals surface area contributed by atoms with Crippen molar-refractivity contribution in [2.24, 2.45) is 0 Å². The highest BCUT2D eigenvalue weighted by atomic mass is 19.1. The average Bonchev–Trinajstić information content (AvgIpc) is 3.34. The van der Waals surface area contributed by atoms with Gasteiger partial charge < -0.3 is 19.7 Å². The number of hydrogen-bond donors (Lipinski definition) is 1. The van der Waals surface area contributed by atoms with Crippen molar-refractivity contribution in [2.75, 3.05) is 37.6 Å². The van der Waals surface area contributed by atoms with Crippen LogP contribution in [0.1, 0.15) is 41.7 Å². The van der Waals surface area contributed by atoms with E-state index < -0.39 is 0 Å². The lowest BCUT2D eigenvalue weighted by Crippen LogP contribution is -2.50. The molecule has 188 valence electrons. The number of piperazine rings is 1. The van der Waals surface area contributed by atoms with Crippen LogP contribution in [0.4, 0.5) is 10.1 Å². The molecule has 2 aromatic rings. The van der Waals surface area contributed by atoms with Gasteiger partial charge in [0.15, 0.2) is 5.78 Å². The molecule has 2 fully saturated rings. The molecule has 0 bridgehead atoms. The molecule has 0 aromatic heterocycles. The van der Waals surface area contributed by atoms with Gasteiger partial charge in [-0.2, -0.15) is 0 Å². The minimum Gasteiger partial charge on any atom is -0.368 e. The van der Waals surface area contributed by atoms with Crippen LogP contribution in [0.2, 0.25) is 0 Å². The Morgan fingerprint density at radius 3 is 2.33 bits per heavy atom. The highest BCUT2D eigenvalue weighted by Gasteiger charge is 2.40. The van der Waals surface area contributed by atoms with E-state index in [1.165, 1.54) is 12.1 Å². The summed E-state index contributed by atoms with van der Waals surface area (Å²) in [6.45, 7) is 4.58. The first-order valence-electron chi connectivity index (χ1n) is 12.3. The number of hydrogen-bond acceptors (Lipinski definition) is 6. The average molecular weight is 492 g/mol. The largest absolute Gasteiger partial charge is 0.368 e. The van der Waals surface area contributed by atoms with Crippen LogP contribution < -0.4 is 10.3 Å². The third kappa shape index (κ3) is 4.97. The van der Waals surface area contributed by atoms with Crippen LogP contribution in [0.5, 0.6) is 0 Å². The lowest BCUT2D eigenvalue weighted by molar-refractivity contribution is -0.136. The highest BCUT2D eigenvalue weighted by molar-refractivity contribution is 5.94. The first-order valence-corrected chi connectivity index (χ1v) is 12.3. The number of hydrazine groups is 1. The molecule has 0 aliphatic carbocycles. The van der Waals surface area contributed by atoms with E-state index in [2.05, 4.69) is 10.3 Å². The molecule has 3 aliphatic rings. The van der Waals surface area contributed by atoms with Gasteiger partial charge in [-0.05, 0) is 55.3 Å². The van der Waals surface area contributed by atoms with E-state index in [0.717, 1.165) is 24.3 Å². The first-order chi connectivity index (χ1) is 17.4. The van der Waals surface area contributed by atoms with Crippen LogP contribution in [-0.4, -0.2) is 71.2 Å². The number of amides is 2. The minimum absolute atomic E-state index is 0.0405. The number of ketones is 1. The summed E-state index contributed by atoms with van der Waals surface area (Å²) in [5.41, 5.74) is 5.97. The zero-order valence-electron chi connectivity index (χ0n) is 20.3. The lowest BCUT2D eigenvalue weighted by Gasteiger charge is -2.37. The summed E-state index contributed by atoms with van der Waals surface area (Å²) in [6, 6.07) is 13.5. The van der Waals surface area contributed by atoms with Crippen molar-refractivity contribution >= 4 is 23.3 Å². The van der Waals surface area contributed by atoms with Crippen molar-refractivity contribution in [3.05, 3.63) is 77.9 Å². The minimum atomic E-state index is -0.349. The maximum atomic E-state index is 13.3. The topological polar surface area (TPSA) is 76.2 Å². The number of benzene rings is 2. The van der Waals surface area contributed by atoms with Gasteiger partial charge in [0.2, 0.25) is 5.91 Å². The van der Waals surface area contributed by atoms with Crippen molar-refractivity contribution in [3.63, 3.8) is 0 Å². The normalized spacial score (nSPS) is 21.7. The smallest absolute Gasteiger partial charge is 0.250 e. The van der Waals surface area contributed by atoms with Crippen molar-refractivity contribution in [2.45, 2.75) is 31.8 Å². The molecule has 8 nitrogen and oxygen atoms in total. The Hall–Kier alpha value is -3.72. The summed E-state index contributed by atoms with van der Waals surface area (Å²) in [5.74, 6) is -0.241. The Morgan fingerprint density at radius 1 is 0.972 bits per heavy atom. The second-order valence-corrected chi connectivity index (χ2v) is 9.44. The Morgan fingerprint density at radius 2 is 1.67 bits per heavy atom. The van der Waals surface area contributed by atoms with Gasteiger partial charge in [-0.25, -0.2) is 9.82 Å². The number of nitrogens with one attached hydrogen (secondary N) is 1. The number of fused-ring (bicyclic) bond motifs is 1. The summed E-state index contributed by atoms with van der Waals surface area (Å²) in [6.07, 6.45) is 4.39. The van der Waals surface area contributed by atoms with Crippen molar-refractivity contribution in [1.82, 2.24) is 20.2 Å². The summed E-state index contributed by atoms with van der Waals surface area (Å²) < 4.78 is 13.3. The Labute approximate surface area is 209 Å². The molecule has 1 N–H and O–H groups in total. The molecule has 2 amide bonds. The van der Waals surface area contributed by atoms with E-state index >= 15 is 0 Å². The van der Waals surface area contributed by atoms with Gasteiger partial charge >= 0.3 is 0 Å². The van der Waals surface area contributed by atoms with E-state index in [4.69, 9.17) is 0 Å². The highest BCUT2D eigenvalue weighted by Crippen LogP contribution is 2.31. The van der Waals surface area contributed by atoms with Crippen LogP contribution in [0.25, 0.3) is 0 Å². The van der Waals surface area contributed by atoms with E-state index in [1.54, 1.807) is 35.2 Å². The second-order valence-electron chi connectivity index (χ2n) is 9.44. The zero-order chi connectivity index (χ0) is 25.2. The molecular formula is C27H30FN5O3. The van der Waals surface area contributed by atoms with E-state index in [0.29, 0.717) is 31.6 Å². The van der Waals surface area contributed by atoms with Crippen molar-refractivity contribution in [3.8, 4) is 0 Å². The fraction of sp³-hybridized carbons (Fsp3) is 0.370. The Balaban J connectivity index is 1.10. The van der Waals surface area contributed by atoms with E-state index in [9.17, 15) is 18.8 Å². The molecule has 3 aliphatic heterocycles. The van der Waals surface area contributed by atoms with Crippen LogP contribution in [0.3, 0.4) is 0 Å². The number of nitrogens with zero attached hydrogens (tertiary/aromatic N) is 4. The molecule has 36 heavy (non-hydrogen) atoms. The maximum Gasteiger partial charge on any atom is 0.250 e. The summed E-state index contributed by atoms with van der Waals surface area (Å²) in [4.78, 5) is 43.1. The number of rotatable bonds is 6. The first kappa shape index (κ1) is 24.0. The molecule has 2 saturated heterocycles. The summed E-state index contributed by atoms with van der Waals surface area (Å²) in [7, 11) is 0. The third-order valence-electron chi connectivity index (χ3n) is 7.19. The molecule has 2 aromatic carbocycles. The Bertz CT molecular complexity index is 1160. The lowest BCUT2D eigenvalue weighted by atomic mass is 10.0. The van der Waals surface area contributed by atoms with Crippen molar-refractivity contribution in [1.29, 1.82) is 0 Å². The molecule has 9 heteroatoms. The van der Waals surface area contributed by atoms with Gasteiger partial charge in [-0.3, -0.25) is 14.4 Å². The molecule has 2 atom stereocenters. The number of halogens is 1. The van der Waals surface area contributed by atoms with Crippen molar-refractivity contribution < 1.29 is 18.8 Å². The molecule has 2 unspecified atom stereocenters. The van der Waals surface area contributed by atoms with Crippen LogP contribution >= 0.6 is 0 Å². The molecule has 3 heterocycles. The van der Waals surface area contributed by atoms with E-state index in [1.807, 2.05) is 35.4 Å². The number of carbonyl (C=O) groups is 3. The van der Waals surface area contributed by atoms with E-state index in [-0.39, 0.29) is 41.9 Å². The fourth-order valence-electron chi connectivity index (χ4n) is 5.03. The standard InChI is InChI=1S/C27H30FN5O3/c1-19(34)20-4-8-23(9-5-20)30-12-14-31(15-13-30)26(35)10-11-32-16-17-33-25(27(32)36)18-24(29-33)21-2-6-22(28)7-3-21/h2-9,16-17,24-25,29H,10-15,18H2,1H3. The summed E-state index contributed by atoms with van der Waals surface area (Å²) in [5, 5.41) is 1.80. The number of anilines is 1. The molecule has 0 saturated carbocycles. The van der Waals surface area contributed by atoms with Gasteiger partial charge in [-0.15, -0.1) is 0 Å². The monoisotopic (exact) mass is 491 g/mol. The summed E-state index contributed by atoms with van der Waals surface area (Å²) >= 11 is 0. The van der Waals surface area contributed by atoms with Gasteiger partial charge in [-0.1, -0.05) is 12.1 Å². The molecule has 5 rings (SSSR count). The molecule has 0 spiro atoms. The number of Topliss-reactive ketones (excluding diaryl/α,β-unsaturated/α-hetero) is 1. The van der Waals surface area contributed by atoms with Crippen LogP contribution in [0.15, 0.2) is 60.9 Å². The van der Waals surface area contributed by atoms with Crippen LogP contribution in [-0.2, 0) is 9.59 Å². The maximum absolute atomic E-state index is 13.3. The van der Waals surface area contributed by atoms with Gasteiger partial charge in [0, 0.05) is 62.8 Å². The SMILES string of the molecule is CC(=O)c1ccc(N2CCN(C(=O)CCN3C=CN4NC(c5ccc(F)cc5)CC4C3=O)CC2)cc1.